The molecule has 6 rings (SSSR count). The third kappa shape index (κ3) is 10.2. The number of hydrogen-bond donors (Lipinski definition) is 6. The summed E-state index contributed by atoms with van der Waals surface area (Å²) in [5.74, 6) is -2.36. The summed E-state index contributed by atoms with van der Waals surface area (Å²) in [5, 5.41) is 10.5. The van der Waals surface area contributed by atoms with Gasteiger partial charge >= 0.3 is 5.97 Å². The molecule has 63 heavy (non-hydrogen) atoms. The highest BCUT2D eigenvalue weighted by atomic mass is 32.2. The van der Waals surface area contributed by atoms with Gasteiger partial charge in [0.1, 0.15) is 5.56 Å². The van der Waals surface area contributed by atoms with E-state index in [1.54, 1.807) is 0 Å². The average Bonchev–Trinajstić information content (AvgIpc) is 3.21. The topological polar surface area (TPSA) is 355 Å². The van der Waals surface area contributed by atoms with E-state index in [2.05, 4.69) is 4.72 Å². The molecule has 0 radical (unpaired) electrons. The first kappa shape index (κ1) is 45.6. The second-order valence-electron chi connectivity index (χ2n) is 13.0. The summed E-state index contributed by atoms with van der Waals surface area (Å²) < 4.78 is 135. The standard InChI is InChI=1S/C37H34N8O13S5/c38-24-1-12-32(13-2-24)61(51,52)43-27-7-22-35(37(46)58-45(29-10-20-31(21-11-29)60(42,49)50)63(55,56)34-16-5-26(40)6-17-34)36(23-27)57-44(28-8-18-30(19-9-28)59(41,47)48)62(53,54)33-14-3-25(39)4-15-33/h1-23,43H,38-40H2,(H2,41,47,48)(H2,42,49,50). The summed E-state index contributed by atoms with van der Waals surface area (Å²) >= 11 is 0. The summed E-state index contributed by atoms with van der Waals surface area (Å²) in [7, 11) is -22.8. The van der Waals surface area contributed by atoms with Crippen molar-refractivity contribution in [3.8, 4) is 5.75 Å². The number of carbonyl (C=O) groups excluding carboxylic acids is 1. The molecule has 0 aliphatic carbocycles. The molecule has 26 heteroatoms. The first-order valence-corrected chi connectivity index (χ1v) is 24.8. The summed E-state index contributed by atoms with van der Waals surface area (Å²) in [5.41, 5.74) is 15.9. The maximum Gasteiger partial charge on any atom is 0.368 e. The van der Waals surface area contributed by atoms with E-state index in [0.29, 0.717) is 0 Å². The fourth-order valence-corrected chi connectivity index (χ4v) is 9.94. The van der Waals surface area contributed by atoms with Crippen LogP contribution in [0.1, 0.15) is 10.4 Å². The van der Waals surface area contributed by atoms with Gasteiger partial charge in [-0.3, -0.25) is 4.72 Å². The van der Waals surface area contributed by atoms with Gasteiger partial charge in [0.15, 0.2) is 5.75 Å². The van der Waals surface area contributed by atoms with Crippen LogP contribution in [0.15, 0.2) is 164 Å². The number of primary sulfonamides is 2. The fraction of sp³-hybridized carbons (Fsp3) is 0. The van der Waals surface area contributed by atoms with Crippen molar-refractivity contribution < 1.29 is 56.6 Å². The van der Waals surface area contributed by atoms with Gasteiger partial charge in [-0.15, -0.1) is 0 Å². The van der Waals surface area contributed by atoms with E-state index in [0.717, 1.165) is 91.0 Å². The Morgan fingerprint density at radius 3 is 1.24 bits per heavy atom. The minimum absolute atomic E-state index is 0.129. The van der Waals surface area contributed by atoms with Crippen molar-refractivity contribution in [1.82, 2.24) is 0 Å². The molecule has 0 bridgehead atoms. The Bertz CT molecular complexity index is 3270. The molecule has 330 valence electrons. The van der Waals surface area contributed by atoms with Crippen molar-refractivity contribution in [2.24, 2.45) is 10.3 Å². The molecule has 0 saturated carbocycles. The van der Waals surface area contributed by atoms with Crippen LogP contribution >= 0.6 is 0 Å². The van der Waals surface area contributed by atoms with Crippen molar-refractivity contribution in [3.63, 3.8) is 0 Å². The van der Waals surface area contributed by atoms with E-state index < -0.39 is 98.4 Å². The van der Waals surface area contributed by atoms with Gasteiger partial charge in [0.2, 0.25) is 20.0 Å². The lowest BCUT2D eigenvalue weighted by Gasteiger charge is -2.26. The molecule has 6 aromatic rings. The Morgan fingerprint density at radius 2 is 0.825 bits per heavy atom. The maximum atomic E-state index is 14.3. The minimum Gasteiger partial charge on any atom is -0.399 e. The number of benzene rings is 6. The number of anilines is 6. The zero-order valence-electron chi connectivity index (χ0n) is 31.9. The lowest BCUT2D eigenvalue weighted by Crippen LogP contribution is -2.36. The molecule has 11 N–H and O–H groups in total. The van der Waals surface area contributed by atoms with Crippen LogP contribution in [0, 0.1) is 0 Å². The van der Waals surface area contributed by atoms with Gasteiger partial charge in [-0.25, -0.2) is 40.3 Å². The van der Waals surface area contributed by atoms with E-state index in [9.17, 15) is 46.9 Å². The third-order valence-electron chi connectivity index (χ3n) is 8.54. The van der Waals surface area contributed by atoms with E-state index in [4.69, 9.17) is 37.2 Å². The molecule has 0 aliphatic rings. The molecule has 0 unspecified atom stereocenters. The predicted molar refractivity (Wildman–Crippen MR) is 231 cm³/mol. The molecule has 21 nitrogen and oxygen atoms in total. The smallest absolute Gasteiger partial charge is 0.368 e. The van der Waals surface area contributed by atoms with Gasteiger partial charge < -0.3 is 26.9 Å². The number of nitrogens with two attached hydrogens (primary N) is 5. The number of nitrogens with one attached hydrogen (secondary N) is 1. The van der Waals surface area contributed by atoms with Crippen molar-refractivity contribution in [3.05, 3.63) is 145 Å². The highest BCUT2D eigenvalue weighted by molar-refractivity contribution is 7.93. The van der Waals surface area contributed by atoms with Gasteiger partial charge in [-0.1, -0.05) is 8.94 Å². The van der Waals surface area contributed by atoms with Crippen LogP contribution in [0.25, 0.3) is 0 Å². The number of carbonyl (C=O) groups is 1. The molecule has 0 atom stereocenters. The Hall–Kier alpha value is -6.94. The number of hydrogen-bond acceptors (Lipinski definition) is 16. The van der Waals surface area contributed by atoms with Gasteiger partial charge in [0.25, 0.3) is 30.1 Å². The number of nitrogens with zero attached hydrogens (tertiary/aromatic N) is 2. The zero-order chi connectivity index (χ0) is 46.1. The number of nitrogen functional groups attached to an aromatic ring is 3. The van der Waals surface area contributed by atoms with E-state index in [1.807, 2.05) is 0 Å². The molecular formula is C37H34N8O13S5. The highest BCUT2D eigenvalue weighted by Crippen LogP contribution is 2.34. The van der Waals surface area contributed by atoms with Gasteiger partial charge in [-0.2, -0.15) is 16.8 Å². The lowest BCUT2D eigenvalue weighted by molar-refractivity contribution is 0.0523. The number of rotatable bonds is 15. The van der Waals surface area contributed by atoms with E-state index in [-0.39, 0.29) is 36.6 Å². The molecule has 0 aromatic heterocycles. The Balaban J connectivity index is 1.52. The largest absolute Gasteiger partial charge is 0.399 e. The van der Waals surface area contributed by atoms with E-state index in [1.165, 1.54) is 48.5 Å². The third-order valence-corrected chi connectivity index (χ3v) is 15.0. The summed E-state index contributed by atoms with van der Waals surface area (Å²) in [6.07, 6.45) is 0. The summed E-state index contributed by atoms with van der Waals surface area (Å²) in [6.45, 7) is 0. The van der Waals surface area contributed by atoms with Gasteiger partial charge in [0, 0.05) is 23.1 Å². The molecule has 0 spiro atoms. The normalized spacial score (nSPS) is 12.2. The molecule has 0 heterocycles. The minimum atomic E-state index is -4.91. The fourth-order valence-electron chi connectivity index (χ4n) is 5.37. The van der Waals surface area contributed by atoms with Crippen LogP contribution in [0.3, 0.4) is 0 Å². The monoisotopic (exact) mass is 958 g/mol. The van der Waals surface area contributed by atoms with E-state index >= 15 is 0 Å². The van der Waals surface area contributed by atoms with Crippen molar-refractivity contribution in [1.29, 1.82) is 0 Å². The highest BCUT2D eigenvalue weighted by Gasteiger charge is 2.34. The molecule has 0 aliphatic heterocycles. The molecule has 6 aromatic carbocycles. The zero-order valence-corrected chi connectivity index (χ0v) is 36.0. The van der Waals surface area contributed by atoms with Crippen molar-refractivity contribution in [2.75, 3.05) is 30.9 Å². The Labute approximate surface area is 361 Å². The van der Waals surface area contributed by atoms with Crippen LogP contribution in [0.5, 0.6) is 5.75 Å². The van der Waals surface area contributed by atoms with Crippen molar-refractivity contribution in [2.45, 2.75) is 24.5 Å². The molecular weight excluding hydrogens is 925 g/mol. The first-order valence-electron chi connectivity index (χ1n) is 17.4. The first-order chi connectivity index (χ1) is 29.4. The molecule has 0 saturated heterocycles. The van der Waals surface area contributed by atoms with Crippen LogP contribution in [0.2, 0.25) is 0 Å². The lowest BCUT2D eigenvalue weighted by atomic mass is 10.2. The van der Waals surface area contributed by atoms with Crippen LogP contribution in [-0.4, -0.2) is 48.1 Å². The van der Waals surface area contributed by atoms with Crippen molar-refractivity contribution >= 4 is 90.2 Å². The second kappa shape index (κ2) is 17.1. The Morgan fingerprint density at radius 1 is 0.460 bits per heavy atom. The average molecular weight is 959 g/mol. The van der Waals surface area contributed by atoms with Crippen LogP contribution < -0.4 is 46.0 Å². The van der Waals surface area contributed by atoms with Gasteiger partial charge in [0.05, 0.1) is 41.5 Å². The van der Waals surface area contributed by atoms with Gasteiger partial charge in [-0.05, 0) is 133 Å². The molecule has 0 amide bonds. The maximum absolute atomic E-state index is 14.3. The summed E-state index contributed by atoms with van der Waals surface area (Å²) in [4.78, 5) is 23.7. The predicted octanol–water partition coefficient (Wildman–Crippen LogP) is 2.69. The number of sulfonamides is 5. The van der Waals surface area contributed by atoms with Crippen LogP contribution in [-0.2, 0) is 55.0 Å². The SMILES string of the molecule is Nc1ccc(S(=O)(=O)Nc2ccc(C(=O)ON(c3ccc(S(N)(=O)=O)cc3)S(=O)(=O)c3ccc(N)cc3)c(ON(c3ccc(S(N)(=O)=O)cc3)S(=O)(=O)c3ccc(N)cc3)c2)cc1. The quantitative estimate of drug-likeness (QED) is 0.0636. The van der Waals surface area contributed by atoms with Crippen LogP contribution in [0.4, 0.5) is 34.1 Å². The second-order valence-corrected chi connectivity index (χ2v) is 21.3. The Kier molecular flexibility index (Phi) is 12.4. The summed E-state index contributed by atoms with van der Waals surface area (Å²) in [6, 6.07) is 24.8. The molecule has 0 fully saturated rings.